The predicted octanol–water partition coefficient (Wildman–Crippen LogP) is 3.25. The van der Waals surface area contributed by atoms with Crippen molar-refractivity contribution >= 4 is 11.7 Å². The average molecular weight is 249 g/mol. The van der Waals surface area contributed by atoms with Gasteiger partial charge < -0.3 is 9.64 Å². The maximum atomic E-state index is 11.1. The lowest BCUT2D eigenvalue weighted by atomic mass is 10.2. The molecule has 0 saturated heterocycles. The number of hydrogen-bond acceptors (Lipinski definition) is 3. The van der Waals surface area contributed by atoms with Gasteiger partial charge >= 0.3 is 5.97 Å². The van der Waals surface area contributed by atoms with Crippen molar-refractivity contribution in [1.29, 1.82) is 0 Å². The van der Waals surface area contributed by atoms with Crippen LogP contribution in [-0.2, 0) is 9.53 Å². The van der Waals surface area contributed by atoms with Gasteiger partial charge in [-0.3, -0.25) is 4.79 Å². The number of benzene rings is 1. The Morgan fingerprint density at radius 1 is 1.17 bits per heavy atom. The molecule has 0 unspecified atom stereocenters. The number of methoxy groups -OCH3 is 1. The molecular formula is C15H23NO2. The van der Waals surface area contributed by atoms with Gasteiger partial charge in [0.2, 0.25) is 0 Å². The molecule has 1 aromatic carbocycles. The molecule has 0 aliphatic carbocycles. The molecule has 0 amide bonds. The lowest BCUT2D eigenvalue weighted by Crippen LogP contribution is -2.26. The third kappa shape index (κ3) is 5.21. The highest BCUT2D eigenvalue weighted by Gasteiger charge is 2.07. The average Bonchev–Trinajstić information content (AvgIpc) is 2.43. The molecule has 0 N–H and O–H groups in total. The van der Waals surface area contributed by atoms with Crippen LogP contribution >= 0.6 is 0 Å². The van der Waals surface area contributed by atoms with Crippen molar-refractivity contribution in [3.63, 3.8) is 0 Å². The Balaban J connectivity index is 2.48. The van der Waals surface area contributed by atoms with E-state index in [9.17, 15) is 4.79 Å². The maximum absolute atomic E-state index is 11.1. The van der Waals surface area contributed by atoms with Crippen LogP contribution in [0.2, 0.25) is 0 Å². The first kappa shape index (κ1) is 14.6. The standard InChI is InChI=1S/C15H23NO2/c1-3-4-12-16(13-8-11-15(17)18-2)14-9-6-5-7-10-14/h5-7,9-10H,3-4,8,11-13H2,1-2H3. The van der Waals surface area contributed by atoms with Gasteiger partial charge in [-0.05, 0) is 25.0 Å². The topological polar surface area (TPSA) is 29.5 Å². The van der Waals surface area contributed by atoms with Crippen molar-refractivity contribution < 1.29 is 9.53 Å². The second kappa shape index (κ2) is 8.56. The first-order chi connectivity index (χ1) is 8.77. The molecule has 0 atom stereocenters. The van der Waals surface area contributed by atoms with E-state index in [4.69, 9.17) is 0 Å². The first-order valence-corrected chi connectivity index (χ1v) is 6.64. The van der Waals surface area contributed by atoms with E-state index in [1.807, 2.05) is 6.07 Å². The maximum Gasteiger partial charge on any atom is 0.305 e. The molecule has 100 valence electrons. The Bertz CT molecular complexity index is 338. The van der Waals surface area contributed by atoms with E-state index in [1.54, 1.807) is 0 Å². The molecule has 0 aromatic heterocycles. The smallest absolute Gasteiger partial charge is 0.305 e. The number of unbranched alkanes of at least 4 members (excludes halogenated alkanes) is 1. The van der Waals surface area contributed by atoms with Gasteiger partial charge in [0.25, 0.3) is 0 Å². The Hall–Kier alpha value is -1.51. The molecule has 1 rings (SSSR count). The van der Waals surface area contributed by atoms with Gasteiger partial charge in [0.15, 0.2) is 0 Å². The number of hydrogen-bond donors (Lipinski definition) is 0. The van der Waals surface area contributed by atoms with Gasteiger partial charge in [-0.2, -0.15) is 0 Å². The van der Waals surface area contributed by atoms with Crippen LogP contribution < -0.4 is 4.90 Å². The van der Waals surface area contributed by atoms with Crippen LogP contribution in [0.25, 0.3) is 0 Å². The highest BCUT2D eigenvalue weighted by Crippen LogP contribution is 2.15. The summed E-state index contributed by atoms with van der Waals surface area (Å²) in [6.07, 6.45) is 3.69. The van der Waals surface area contributed by atoms with E-state index in [0.717, 1.165) is 19.5 Å². The molecule has 0 aliphatic rings. The fourth-order valence-electron chi connectivity index (χ4n) is 1.87. The minimum Gasteiger partial charge on any atom is -0.469 e. The summed E-state index contributed by atoms with van der Waals surface area (Å²) in [5.74, 6) is -0.126. The Morgan fingerprint density at radius 3 is 2.44 bits per heavy atom. The summed E-state index contributed by atoms with van der Waals surface area (Å²) >= 11 is 0. The minimum absolute atomic E-state index is 0.126. The Kier molecular flexibility index (Phi) is 6.92. The van der Waals surface area contributed by atoms with E-state index >= 15 is 0 Å². The summed E-state index contributed by atoms with van der Waals surface area (Å²) in [5, 5.41) is 0. The quantitative estimate of drug-likeness (QED) is 0.662. The Morgan fingerprint density at radius 2 is 1.83 bits per heavy atom. The zero-order valence-electron chi connectivity index (χ0n) is 11.4. The molecule has 0 spiro atoms. The molecule has 3 nitrogen and oxygen atoms in total. The third-order valence-corrected chi connectivity index (χ3v) is 2.94. The van der Waals surface area contributed by atoms with Gasteiger partial charge in [0, 0.05) is 25.2 Å². The highest BCUT2D eigenvalue weighted by molar-refractivity contribution is 5.69. The van der Waals surface area contributed by atoms with Crippen molar-refractivity contribution in [2.75, 3.05) is 25.1 Å². The number of esters is 1. The van der Waals surface area contributed by atoms with E-state index in [2.05, 4.69) is 40.8 Å². The second-order valence-electron chi connectivity index (χ2n) is 4.36. The molecule has 0 fully saturated rings. The number of nitrogens with zero attached hydrogens (tertiary/aromatic N) is 1. The van der Waals surface area contributed by atoms with E-state index < -0.39 is 0 Å². The van der Waals surface area contributed by atoms with E-state index in [1.165, 1.54) is 25.6 Å². The summed E-state index contributed by atoms with van der Waals surface area (Å²) in [4.78, 5) is 13.4. The van der Waals surface area contributed by atoms with Crippen molar-refractivity contribution in [3.05, 3.63) is 30.3 Å². The molecule has 18 heavy (non-hydrogen) atoms. The minimum atomic E-state index is -0.126. The largest absolute Gasteiger partial charge is 0.469 e. The fourth-order valence-corrected chi connectivity index (χ4v) is 1.87. The van der Waals surface area contributed by atoms with Crippen LogP contribution in [0.5, 0.6) is 0 Å². The number of rotatable bonds is 8. The Labute approximate surface area is 110 Å². The number of anilines is 1. The van der Waals surface area contributed by atoms with Gasteiger partial charge in [-0.15, -0.1) is 0 Å². The molecule has 0 aliphatic heterocycles. The molecular weight excluding hydrogens is 226 g/mol. The molecule has 0 bridgehead atoms. The van der Waals surface area contributed by atoms with Crippen LogP contribution in [0.3, 0.4) is 0 Å². The second-order valence-corrected chi connectivity index (χ2v) is 4.36. The number of carbonyl (C=O) groups excluding carboxylic acids is 1. The number of carbonyl (C=O) groups is 1. The zero-order chi connectivity index (χ0) is 13.2. The molecule has 0 radical (unpaired) electrons. The highest BCUT2D eigenvalue weighted by atomic mass is 16.5. The van der Waals surface area contributed by atoms with Crippen molar-refractivity contribution in [2.24, 2.45) is 0 Å². The van der Waals surface area contributed by atoms with Crippen LogP contribution in [0.15, 0.2) is 30.3 Å². The van der Waals surface area contributed by atoms with Crippen molar-refractivity contribution in [1.82, 2.24) is 0 Å². The summed E-state index contributed by atoms with van der Waals surface area (Å²) in [5.41, 5.74) is 1.23. The first-order valence-electron chi connectivity index (χ1n) is 6.64. The normalized spacial score (nSPS) is 10.1. The van der Waals surface area contributed by atoms with Gasteiger partial charge in [-0.1, -0.05) is 31.5 Å². The van der Waals surface area contributed by atoms with Gasteiger partial charge in [0.05, 0.1) is 7.11 Å². The van der Waals surface area contributed by atoms with Crippen molar-refractivity contribution in [2.45, 2.75) is 32.6 Å². The van der Waals surface area contributed by atoms with E-state index in [-0.39, 0.29) is 5.97 Å². The van der Waals surface area contributed by atoms with Crippen LogP contribution in [0.1, 0.15) is 32.6 Å². The van der Waals surface area contributed by atoms with E-state index in [0.29, 0.717) is 6.42 Å². The zero-order valence-corrected chi connectivity index (χ0v) is 11.4. The molecule has 1 aromatic rings. The third-order valence-electron chi connectivity index (χ3n) is 2.94. The predicted molar refractivity (Wildman–Crippen MR) is 74.8 cm³/mol. The summed E-state index contributed by atoms with van der Waals surface area (Å²) in [6, 6.07) is 10.4. The number of para-hydroxylation sites is 1. The van der Waals surface area contributed by atoms with Crippen LogP contribution in [0, 0.1) is 0 Å². The van der Waals surface area contributed by atoms with Crippen molar-refractivity contribution in [3.8, 4) is 0 Å². The molecule has 0 saturated carbocycles. The lowest BCUT2D eigenvalue weighted by molar-refractivity contribution is -0.140. The monoisotopic (exact) mass is 249 g/mol. The van der Waals surface area contributed by atoms with Gasteiger partial charge in [-0.25, -0.2) is 0 Å². The van der Waals surface area contributed by atoms with Crippen LogP contribution in [-0.4, -0.2) is 26.2 Å². The summed E-state index contributed by atoms with van der Waals surface area (Å²) < 4.78 is 4.66. The van der Waals surface area contributed by atoms with Gasteiger partial charge in [0.1, 0.15) is 0 Å². The fraction of sp³-hybridized carbons (Fsp3) is 0.533. The SMILES string of the molecule is CCCCN(CCCC(=O)OC)c1ccccc1. The van der Waals surface area contributed by atoms with Crippen LogP contribution in [0.4, 0.5) is 5.69 Å². The number of ether oxygens (including phenoxy) is 1. The molecule has 0 heterocycles. The summed E-state index contributed by atoms with van der Waals surface area (Å²) in [7, 11) is 1.44. The lowest BCUT2D eigenvalue weighted by Gasteiger charge is -2.24. The summed E-state index contributed by atoms with van der Waals surface area (Å²) in [6.45, 7) is 4.14. The molecule has 3 heteroatoms.